The molecule has 0 aliphatic carbocycles. The lowest BCUT2D eigenvalue weighted by Gasteiger charge is -2.09. The van der Waals surface area contributed by atoms with E-state index >= 15 is 0 Å². The molecule has 148 valence electrons. The molecule has 0 aliphatic heterocycles. The topological polar surface area (TPSA) is 133 Å². The zero-order chi connectivity index (χ0) is 21.8. The molecule has 0 spiro atoms. The van der Waals surface area contributed by atoms with Crippen molar-refractivity contribution in [1.29, 1.82) is 5.26 Å². The van der Waals surface area contributed by atoms with Crippen LogP contribution in [0.15, 0.2) is 53.3 Å². The summed E-state index contributed by atoms with van der Waals surface area (Å²) in [5, 5.41) is 31.8. The second-order valence-electron chi connectivity index (χ2n) is 6.01. The third-order valence-electron chi connectivity index (χ3n) is 4.12. The first kappa shape index (κ1) is 20.2. The Bertz CT molecular complexity index is 1270. The summed E-state index contributed by atoms with van der Waals surface area (Å²) in [6.07, 6.45) is 2.68. The minimum Gasteiger partial charge on any atom is -0.478 e. The van der Waals surface area contributed by atoms with Gasteiger partial charge in [-0.3, -0.25) is 4.79 Å². The zero-order valence-electron chi connectivity index (χ0n) is 15.1. The maximum atomic E-state index is 13.2. The number of aromatic carboxylic acids is 2. The molecule has 0 bridgehead atoms. The Labute approximate surface area is 168 Å². The van der Waals surface area contributed by atoms with Crippen molar-refractivity contribution in [2.24, 2.45) is 0 Å². The van der Waals surface area contributed by atoms with E-state index in [1.807, 2.05) is 0 Å². The van der Waals surface area contributed by atoms with Crippen LogP contribution in [0.1, 0.15) is 37.5 Å². The average Bonchev–Trinajstić information content (AvgIpc) is 2.73. The summed E-state index contributed by atoms with van der Waals surface area (Å²) in [6, 6.07) is 12.0. The molecule has 3 rings (SSSR count). The fourth-order valence-corrected chi connectivity index (χ4v) is 2.64. The van der Waals surface area contributed by atoms with Crippen LogP contribution in [0, 0.1) is 17.1 Å². The highest BCUT2D eigenvalue weighted by Gasteiger charge is 2.21. The molecule has 0 aliphatic rings. The van der Waals surface area contributed by atoms with Crippen molar-refractivity contribution in [2.75, 3.05) is 0 Å². The Balaban J connectivity index is 2.14. The quantitative estimate of drug-likeness (QED) is 0.667. The van der Waals surface area contributed by atoms with Gasteiger partial charge in [0.1, 0.15) is 17.4 Å². The van der Waals surface area contributed by atoms with Gasteiger partial charge in [0.15, 0.2) is 5.69 Å². The number of carboxylic acids is 2. The predicted octanol–water partition coefficient (Wildman–Crippen LogP) is 2.81. The smallest absolute Gasteiger partial charge is 0.357 e. The van der Waals surface area contributed by atoms with E-state index in [0.29, 0.717) is 5.56 Å². The number of hydrogen-bond donors (Lipinski definition) is 2. The van der Waals surface area contributed by atoms with E-state index in [1.54, 1.807) is 6.07 Å². The molecule has 2 aromatic carbocycles. The molecule has 30 heavy (non-hydrogen) atoms. The molecule has 3 aromatic rings. The first-order chi connectivity index (χ1) is 14.3. The van der Waals surface area contributed by atoms with Crippen LogP contribution in [-0.4, -0.2) is 31.9 Å². The zero-order valence-corrected chi connectivity index (χ0v) is 15.1. The Kier molecular flexibility index (Phi) is 5.51. The SMILES string of the molecule is N#Cc1c(/C=C\c2ccc(C(=O)O)cc2)c(C(=O)O)nn(-c2ccc(F)cc2)c1=O. The summed E-state index contributed by atoms with van der Waals surface area (Å²) in [5.74, 6) is -3.12. The molecule has 0 unspecified atom stereocenters. The van der Waals surface area contributed by atoms with Crippen LogP contribution in [0.3, 0.4) is 0 Å². The lowest BCUT2D eigenvalue weighted by Crippen LogP contribution is -2.28. The summed E-state index contributed by atoms with van der Waals surface area (Å²) in [6.45, 7) is 0. The molecule has 1 heterocycles. The summed E-state index contributed by atoms with van der Waals surface area (Å²) >= 11 is 0. The van der Waals surface area contributed by atoms with Gasteiger partial charge >= 0.3 is 11.9 Å². The van der Waals surface area contributed by atoms with Crippen LogP contribution in [0.5, 0.6) is 0 Å². The van der Waals surface area contributed by atoms with E-state index < -0.39 is 34.6 Å². The van der Waals surface area contributed by atoms with E-state index in [1.165, 1.54) is 48.6 Å². The van der Waals surface area contributed by atoms with Gasteiger partial charge in [-0.25, -0.2) is 14.0 Å². The van der Waals surface area contributed by atoms with Gasteiger partial charge in [0.25, 0.3) is 5.56 Å². The van der Waals surface area contributed by atoms with Crippen LogP contribution in [-0.2, 0) is 0 Å². The first-order valence-electron chi connectivity index (χ1n) is 8.40. The van der Waals surface area contributed by atoms with Crippen molar-refractivity contribution in [1.82, 2.24) is 9.78 Å². The van der Waals surface area contributed by atoms with Crippen molar-refractivity contribution >= 4 is 24.1 Å². The van der Waals surface area contributed by atoms with Crippen molar-refractivity contribution < 1.29 is 24.2 Å². The molecule has 0 atom stereocenters. The number of nitrogens with zero attached hydrogens (tertiary/aromatic N) is 3. The van der Waals surface area contributed by atoms with Gasteiger partial charge in [0.05, 0.1) is 11.3 Å². The number of halogens is 1. The lowest BCUT2D eigenvalue weighted by molar-refractivity contribution is 0.0680. The third kappa shape index (κ3) is 3.98. The van der Waals surface area contributed by atoms with Crippen LogP contribution in [0.25, 0.3) is 17.8 Å². The van der Waals surface area contributed by atoms with Crippen LogP contribution >= 0.6 is 0 Å². The molecule has 0 radical (unpaired) electrons. The Morgan fingerprint density at radius 2 is 1.63 bits per heavy atom. The van der Waals surface area contributed by atoms with Crippen molar-refractivity contribution in [3.05, 3.63) is 92.6 Å². The largest absolute Gasteiger partial charge is 0.478 e. The number of nitriles is 1. The molecule has 0 amide bonds. The highest BCUT2D eigenvalue weighted by molar-refractivity contribution is 5.93. The predicted molar refractivity (Wildman–Crippen MR) is 104 cm³/mol. The third-order valence-corrected chi connectivity index (χ3v) is 4.12. The molecular formula is C21H12FN3O5. The number of hydrogen-bond acceptors (Lipinski definition) is 5. The van der Waals surface area contributed by atoms with Crippen LogP contribution in [0.4, 0.5) is 4.39 Å². The highest BCUT2D eigenvalue weighted by atomic mass is 19.1. The number of carbonyl (C=O) groups is 2. The van der Waals surface area contributed by atoms with E-state index in [-0.39, 0.29) is 16.8 Å². The van der Waals surface area contributed by atoms with Crippen molar-refractivity contribution in [3.8, 4) is 11.8 Å². The fourth-order valence-electron chi connectivity index (χ4n) is 2.64. The summed E-state index contributed by atoms with van der Waals surface area (Å²) < 4.78 is 13.9. The summed E-state index contributed by atoms with van der Waals surface area (Å²) in [5.41, 5.74) is -1.38. The first-order valence-corrected chi connectivity index (χ1v) is 8.40. The fraction of sp³-hybridized carbons (Fsp3) is 0. The van der Waals surface area contributed by atoms with Gasteiger partial charge in [-0.05, 0) is 42.0 Å². The van der Waals surface area contributed by atoms with Gasteiger partial charge in [-0.1, -0.05) is 24.3 Å². The number of carboxylic acid groups (broad SMARTS) is 2. The second kappa shape index (κ2) is 8.20. The van der Waals surface area contributed by atoms with Crippen molar-refractivity contribution in [3.63, 3.8) is 0 Å². The standard InChI is InChI=1S/C21H12FN3O5/c22-14-6-8-15(9-7-14)25-19(26)17(11-23)16(18(24-25)21(29)30)10-3-12-1-4-13(5-2-12)20(27)28/h1-10H,(H,27,28)(H,29,30)/b10-3-. The van der Waals surface area contributed by atoms with Crippen LogP contribution < -0.4 is 5.56 Å². The molecule has 0 saturated carbocycles. The summed E-state index contributed by atoms with van der Waals surface area (Å²) in [4.78, 5) is 35.3. The second-order valence-corrected chi connectivity index (χ2v) is 6.01. The van der Waals surface area contributed by atoms with Gasteiger partial charge < -0.3 is 10.2 Å². The van der Waals surface area contributed by atoms with Crippen molar-refractivity contribution in [2.45, 2.75) is 0 Å². The number of rotatable bonds is 5. The minimum absolute atomic E-state index is 0.0691. The molecule has 0 saturated heterocycles. The van der Waals surface area contributed by atoms with Gasteiger partial charge in [-0.15, -0.1) is 0 Å². The lowest BCUT2D eigenvalue weighted by atomic mass is 10.1. The maximum absolute atomic E-state index is 13.2. The molecule has 9 heteroatoms. The van der Waals surface area contributed by atoms with Crippen LogP contribution in [0.2, 0.25) is 0 Å². The van der Waals surface area contributed by atoms with E-state index in [9.17, 15) is 29.1 Å². The Morgan fingerprint density at radius 3 is 2.17 bits per heavy atom. The van der Waals surface area contributed by atoms with E-state index in [0.717, 1.165) is 16.8 Å². The van der Waals surface area contributed by atoms with E-state index in [4.69, 9.17) is 5.11 Å². The number of aromatic nitrogens is 2. The van der Waals surface area contributed by atoms with E-state index in [2.05, 4.69) is 5.10 Å². The molecule has 1 aromatic heterocycles. The van der Waals surface area contributed by atoms with Gasteiger partial charge in [-0.2, -0.15) is 15.0 Å². The number of benzene rings is 2. The Hall–Kier alpha value is -4.58. The Morgan fingerprint density at radius 1 is 1.00 bits per heavy atom. The molecular weight excluding hydrogens is 393 g/mol. The minimum atomic E-state index is -1.47. The molecule has 2 N–H and O–H groups in total. The molecule has 0 fully saturated rings. The van der Waals surface area contributed by atoms with Gasteiger partial charge in [0.2, 0.25) is 0 Å². The monoisotopic (exact) mass is 405 g/mol. The van der Waals surface area contributed by atoms with Gasteiger partial charge in [0, 0.05) is 5.56 Å². The highest BCUT2D eigenvalue weighted by Crippen LogP contribution is 2.16. The normalized spacial score (nSPS) is 10.7. The average molecular weight is 405 g/mol. The molecule has 8 nitrogen and oxygen atoms in total. The maximum Gasteiger partial charge on any atom is 0.357 e. The summed E-state index contributed by atoms with van der Waals surface area (Å²) in [7, 11) is 0.